The van der Waals surface area contributed by atoms with Gasteiger partial charge in [-0.3, -0.25) is 9.69 Å². The molecule has 2 fully saturated rings. The summed E-state index contributed by atoms with van der Waals surface area (Å²) in [5.74, 6) is 0.148. The molecule has 2 heterocycles. The lowest BCUT2D eigenvalue weighted by Crippen LogP contribution is -2.46. The van der Waals surface area contributed by atoms with Crippen molar-refractivity contribution in [3.63, 3.8) is 0 Å². The van der Waals surface area contributed by atoms with Crippen molar-refractivity contribution in [3.05, 3.63) is 23.8 Å². The van der Waals surface area contributed by atoms with Gasteiger partial charge >= 0.3 is 0 Å². The number of nitrogen functional groups attached to an aromatic ring is 1. The standard InChI is InChI=1S/C17H26N4O2/c1-19-4-6-20(7-5-19)13-17(22)14-2-3-16(15(18)12-14)21-8-10-23-11-9-21/h2-3,12H,4-11,13,18H2,1H3. The van der Waals surface area contributed by atoms with Crippen molar-refractivity contribution in [3.8, 4) is 0 Å². The molecule has 2 N–H and O–H groups in total. The molecule has 23 heavy (non-hydrogen) atoms. The van der Waals surface area contributed by atoms with Crippen LogP contribution in [0, 0.1) is 0 Å². The highest BCUT2D eigenvalue weighted by Gasteiger charge is 2.19. The number of morpholine rings is 1. The number of hydrogen-bond donors (Lipinski definition) is 1. The fraction of sp³-hybridized carbons (Fsp3) is 0.588. The number of piperazine rings is 1. The van der Waals surface area contributed by atoms with Crippen molar-refractivity contribution >= 4 is 17.2 Å². The molecule has 0 aliphatic carbocycles. The van der Waals surface area contributed by atoms with Gasteiger partial charge in [0.1, 0.15) is 0 Å². The number of nitrogens with two attached hydrogens (primary N) is 1. The lowest BCUT2D eigenvalue weighted by atomic mass is 10.1. The maximum atomic E-state index is 12.5. The molecule has 0 atom stereocenters. The zero-order valence-corrected chi connectivity index (χ0v) is 13.8. The summed E-state index contributed by atoms with van der Waals surface area (Å²) in [5.41, 5.74) is 8.57. The van der Waals surface area contributed by atoms with Crippen molar-refractivity contribution in [2.75, 3.05) is 76.7 Å². The van der Waals surface area contributed by atoms with Crippen LogP contribution in [0.25, 0.3) is 0 Å². The average molecular weight is 318 g/mol. The van der Waals surface area contributed by atoms with Crippen LogP contribution in [0.5, 0.6) is 0 Å². The first-order chi connectivity index (χ1) is 11.1. The van der Waals surface area contributed by atoms with Crippen LogP contribution in [-0.4, -0.2) is 81.7 Å². The van der Waals surface area contributed by atoms with E-state index in [-0.39, 0.29) is 5.78 Å². The minimum Gasteiger partial charge on any atom is -0.397 e. The summed E-state index contributed by atoms with van der Waals surface area (Å²) in [6, 6.07) is 5.70. The van der Waals surface area contributed by atoms with Crippen LogP contribution in [-0.2, 0) is 4.74 Å². The average Bonchev–Trinajstić information content (AvgIpc) is 2.57. The summed E-state index contributed by atoms with van der Waals surface area (Å²) < 4.78 is 5.37. The summed E-state index contributed by atoms with van der Waals surface area (Å²) in [6.45, 7) is 7.55. The SMILES string of the molecule is CN1CCN(CC(=O)c2ccc(N3CCOCC3)c(N)c2)CC1. The quantitative estimate of drug-likeness (QED) is 0.646. The Hall–Kier alpha value is -1.63. The molecule has 2 aliphatic rings. The van der Waals surface area contributed by atoms with Gasteiger partial charge in [0.2, 0.25) is 0 Å². The Labute approximate surface area is 137 Å². The Kier molecular flexibility index (Phi) is 5.15. The Morgan fingerprint density at radius 1 is 1.13 bits per heavy atom. The smallest absolute Gasteiger partial charge is 0.176 e. The molecule has 1 aromatic carbocycles. The molecule has 0 saturated carbocycles. The van der Waals surface area contributed by atoms with Crippen molar-refractivity contribution in [2.24, 2.45) is 0 Å². The fourth-order valence-electron chi connectivity index (χ4n) is 3.12. The van der Waals surface area contributed by atoms with E-state index in [0.29, 0.717) is 17.8 Å². The Morgan fingerprint density at radius 3 is 2.48 bits per heavy atom. The van der Waals surface area contributed by atoms with Crippen LogP contribution in [0.3, 0.4) is 0 Å². The number of carbonyl (C=O) groups excluding carboxylic acids is 1. The molecule has 0 bridgehead atoms. The number of rotatable bonds is 4. The largest absolute Gasteiger partial charge is 0.397 e. The van der Waals surface area contributed by atoms with E-state index in [2.05, 4.69) is 21.7 Å². The van der Waals surface area contributed by atoms with Crippen LogP contribution in [0.4, 0.5) is 11.4 Å². The van der Waals surface area contributed by atoms with Gasteiger partial charge in [-0.2, -0.15) is 0 Å². The molecule has 0 radical (unpaired) electrons. The maximum absolute atomic E-state index is 12.5. The van der Waals surface area contributed by atoms with E-state index in [4.69, 9.17) is 10.5 Å². The van der Waals surface area contributed by atoms with Gasteiger partial charge < -0.3 is 20.3 Å². The van der Waals surface area contributed by atoms with Crippen molar-refractivity contribution in [1.82, 2.24) is 9.80 Å². The first-order valence-corrected chi connectivity index (χ1v) is 8.30. The number of nitrogens with zero attached hydrogens (tertiary/aromatic N) is 3. The molecule has 126 valence electrons. The van der Waals surface area contributed by atoms with Crippen molar-refractivity contribution < 1.29 is 9.53 Å². The van der Waals surface area contributed by atoms with Crippen LogP contribution >= 0.6 is 0 Å². The topological polar surface area (TPSA) is 62.0 Å². The first kappa shape index (κ1) is 16.2. The predicted octanol–water partition coefficient (Wildman–Crippen LogP) is 0.536. The molecule has 0 spiro atoms. The van der Waals surface area contributed by atoms with E-state index in [1.807, 2.05) is 18.2 Å². The highest BCUT2D eigenvalue weighted by atomic mass is 16.5. The number of benzene rings is 1. The van der Waals surface area contributed by atoms with Gasteiger partial charge in [0.05, 0.1) is 31.1 Å². The van der Waals surface area contributed by atoms with E-state index >= 15 is 0 Å². The third kappa shape index (κ3) is 4.02. The van der Waals surface area contributed by atoms with Gasteiger partial charge in [0.15, 0.2) is 5.78 Å². The molecular formula is C17H26N4O2. The number of ketones is 1. The van der Waals surface area contributed by atoms with Gasteiger partial charge in [-0.25, -0.2) is 0 Å². The molecular weight excluding hydrogens is 292 g/mol. The predicted molar refractivity (Wildman–Crippen MR) is 92.2 cm³/mol. The monoisotopic (exact) mass is 318 g/mol. The number of anilines is 2. The summed E-state index contributed by atoms with van der Waals surface area (Å²) in [4.78, 5) is 19.2. The van der Waals surface area contributed by atoms with E-state index in [9.17, 15) is 4.79 Å². The summed E-state index contributed by atoms with van der Waals surface area (Å²) in [5, 5.41) is 0. The Bertz CT molecular complexity index is 550. The second-order valence-electron chi connectivity index (χ2n) is 6.38. The van der Waals surface area contributed by atoms with Gasteiger partial charge in [-0.15, -0.1) is 0 Å². The fourth-order valence-corrected chi connectivity index (χ4v) is 3.12. The summed E-state index contributed by atoms with van der Waals surface area (Å²) in [7, 11) is 2.12. The normalized spacial score (nSPS) is 20.7. The molecule has 0 unspecified atom stereocenters. The van der Waals surface area contributed by atoms with E-state index in [0.717, 1.165) is 58.2 Å². The van der Waals surface area contributed by atoms with Crippen LogP contribution < -0.4 is 10.6 Å². The zero-order chi connectivity index (χ0) is 16.2. The minimum atomic E-state index is 0.148. The first-order valence-electron chi connectivity index (χ1n) is 8.30. The van der Waals surface area contributed by atoms with Crippen LogP contribution in [0.1, 0.15) is 10.4 Å². The summed E-state index contributed by atoms with van der Waals surface area (Å²) >= 11 is 0. The van der Waals surface area contributed by atoms with Crippen molar-refractivity contribution in [1.29, 1.82) is 0 Å². The zero-order valence-electron chi connectivity index (χ0n) is 13.8. The number of hydrogen-bond acceptors (Lipinski definition) is 6. The molecule has 6 nitrogen and oxygen atoms in total. The molecule has 2 aliphatic heterocycles. The lowest BCUT2D eigenvalue weighted by Gasteiger charge is -2.32. The van der Waals surface area contributed by atoms with Gasteiger partial charge in [-0.05, 0) is 25.2 Å². The number of likely N-dealkylation sites (N-methyl/N-ethyl adjacent to an activating group) is 1. The second kappa shape index (κ2) is 7.29. The van der Waals surface area contributed by atoms with Crippen molar-refractivity contribution in [2.45, 2.75) is 0 Å². The molecule has 0 aromatic heterocycles. The van der Waals surface area contributed by atoms with Crippen LogP contribution in [0.15, 0.2) is 18.2 Å². The van der Waals surface area contributed by atoms with Gasteiger partial charge in [0, 0.05) is 44.8 Å². The molecule has 6 heteroatoms. The van der Waals surface area contributed by atoms with E-state index in [1.54, 1.807) is 0 Å². The molecule has 3 rings (SSSR count). The molecule has 2 saturated heterocycles. The second-order valence-corrected chi connectivity index (χ2v) is 6.38. The lowest BCUT2D eigenvalue weighted by molar-refractivity contribution is 0.0876. The number of ether oxygens (including phenoxy) is 1. The number of Topliss-reactive ketones (excluding diaryl/α,β-unsaturated/α-hetero) is 1. The van der Waals surface area contributed by atoms with E-state index < -0.39 is 0 Å². The third-order valence-corrected chi connectivity index (χ3v) is 4.66. The van der Waals surface area contributed by atoms with E-state index in [1.165, 1.54) is 0 Å². The highest BCUT2D eigenvalue weighted by molar-refractivity contribution is 5.99. The van der Waals surface area contributed by atoms with Gasteiger partial charge in [0.25, 0.3) is 0 Å². The number of carbonyl (C=O) groups is 1. The molecule has 0 amide bonds. The highest BCUT2D eigenvalue weighted by Crippen LogP contribution is 2.25. The van der Waals surface area contributed by atoms with Gasteiger partial charge in [-0.1, -0.05) is 0 Å². The minimum absolute atomic E-state index is 0.148. The molecule has 1 aromatic rings. The third-order valence-electron chi connectivity index (χ3n) is 4.66. The Morgan fingerprint density at radius 2 is 1.83 bits per heavy atom. The van der Waals surface area contributed by atoms with Crippen LogP contribution in [0.2, 0.25) is 0 Å². The maximum Gasteiger partial charge on any atom is 0.176 e. The Balaban J connectivity index is 1.63. The summed E-state index contributed by atoms with van der Waals surface area (Å²) in [6.07, 6.45) is 0.